The Balaban J connectivity index is 2.25. The molecule has 0 bridgehead atoms. The number of nitrogens with two attached hydrogens (primary N) is 1. The van der Waals surface area contributed by atoms with Crippen molar-refractivity contribution in [3.05, 3.63) is 52.5 Å². The third kappa shape index (κ3) is 3.02. The third-order valence-corrected chi connectivity index (χ3v) is 3.81. The van der Waals surface area contributed by atoms with Crippen molar-refractivity contribution in [2.24, 2.45) is 0 Å². The van der Waals surface area contributed by atoms with Crippen LogP contribution in [0.1, 0.15) is 5.56 Å². The molecule has 0 atom stereocenters. The summed E-state index contributed by atoms with van der Waals surface area (Å²) in [5, 5.41) is 8.76. The second-order valence-electron chi connectivity index (χ2n) is 3.42. The molecule has 0 fully saturated rings. The van der Waals surface area contributed by atoms with Crippen molar-refractivity contribution in [3.63, 3.8) is 0 Å². The maximum Gasteiger partial charge on any atom is 0.0992 e. The summed E-state index contributed by atoms with van der Waals surface area (Å²) in [6.07, 6.45) is 0. The van der Waals surface area contributed by atoms with Crippen LogP contribution in [0.25, 0.3) is 0 Å². The van der Waals surface area contributed by atoms with Crippen LogP contribution in [-0.4, -0.2) is 0 Å². The Morgan fingerprint density at radius 1 is 1.12 bits per heavy atom. The van der Waals surface area contributed by atoms with E-state index in [1.165, 1.54) is 0 Å². The molecule has 0 aromatic heterocycles. The summed E-state index contributed by atoms with van der Waals surface area (Å²) < 4.78 is 1.05. The van der Waals surface area contributed by atoms with Crippen LogP contribution < -0.4 is 5.73 Å². The van der Waals surface area contributed by atoms with Gasteiger partial charge in [-0.05, 0) is 42.5 Å². The first-order valence-corrected chi connectivity index (χ1v) is 6.53. The number of hydrogen-bond acceptors (Lipinski definition) is 3. The van der Waals surface area contributed by atoms with Crippen molar-refractivity contribution in [2.75, 3.05) is 5.73 Å². The first kappa shape index (κ1) is 12.0. The zero-order chi connectivity index (χ0) is 12.3. The summed E-state index contributed by atoms with van der Waals surface area (Å²) in [7, 11) is 0. The van der Waals surface area contributed by atoms with Crippen molar-refractivity contribution >= 4 is 33.4 Å². The van der Waals surface area contributed by atoms with E-state index in [1.807, 2.05) is 30.3 Å². The lowest BCUT2D eigenvalue weighted by Gasteiger charge is -2.05. The van der Waals surface area contributed by atoms with Gasteiger partial charge in [-0.1, -0.05) is 27.7 Å². The molecule has 0 saturated carbocycles. The summed E-state index contributed by atoms with van der Waals surface area (Å²) in [5.41, 5.74) is 7.12. The lowest BCUT2D eigenvalue weighted by atomic mass is 10.2. The van der Waals surface area contributed by atoms with Gasteiger partial charge in [-0.2, -0.15) is 5.26 Å². The highest BCUT2D eigenvalue weighted by Gasteiger charge is 2.03. The van der Waals surface area contributed by atoms with Gasteiger partial charge in [-0.3, -0.25) is 0 Å². The van der Waals surface area contributed by atoms with E-state index in [1.54, 1.807) is 23.9 Å². The van der Waals surface area contributed by atoms with Gasteiger partial charge in [0, 0.05) is 20.0 Å². The average molecular weight is 305 g/mol. The Morgan fingerprint density at radius 3 is 2.41 bits per heavy atom. The highest BCUT2D eigenvalue weighted by atomic mass is 79.9. The molecule has 0 unspecified atom stereocenters. The molecule has 0 aliphatic carbocycles. The molecule has 84 valence electrons. The minimum Gasteiger partial charge on any atom is -0.398 e. The minimum absolute atomic E-state index is 0.586. The van der Waals surface area contributed by atoms with Gasteiger partial charge >= 0.3 is 0 Å². The zero-order valence-electron chi connectivity index (χ0n) is 8.85. The largest absolute Gasteiger partial charge is 0.398 e. The summed E-state index contributed by atoms with van der Waals surface area (Å²) in [5.74, 6) is 0. The minimum atomic E-state index is 0.586. The Labute approximate surface area is 113 Å². The van der Waals surface area contributed by atoms with Crippen molar-refractivity contribution in [1.82, 2.24) is 0 Å². The first-order chi connectivity index (χ1) is 8.19. The predicted octanol–water partition coefficient (Wildman–Crippen LogP) is 4.05. The van der Waals surface area contributed by atoms with Crippen molar-refractivity contribution in [2.45, 2.75) is 9.79 Å². The number of nitriles is 1. The highest BCUT2D eigenvalue weighted by molar-refractivity contribution is 9.10. The standard InChI is InChI=1S/C13H9BrN2S/c14-10-2-4-11(5-3-10)17-13-6-1-9(8-15)7-12(13)16/h1-7H,16H2. The number of nitrogens with zero attached hydrogens (tertiary/aromatic N) is 1. The van der Waals surface area contributed by atoms with Crippen LogP contribution in [0.3, 0.4) is 0 Å². The van der Waals surface area contributed by atoms with E-state index >= 15 is 0 Å². The second-order valence-corrected chi connectivity index (χ2v) is 5.45. The molecular formula is C13H9BrN2S. The molecular weight excluding hydrogens is 296 g/mol. The Bertz CT molecular complexity index is 573. The van der Waals surface area contributed by atoms with E-state index in [9.17, 15) is 0 Å². The molecule has 0 saturated heterocycles. The van der Waals surface area contributed by atoms with Gasteiger partial charge in [0.05, 0.1) is 11.6 Å². The lowest BCUT2D eigenvalue weighted by Crippen LogP contribution is -1.89. The SMILES string of the molecule is N#Cc1ccc(Sc2ccc(Br)cc2)c(N)c1. The fourth-order valence-electron chi connectivity index (χ4n) is 1.34. The van der Waals surface area contributed by atoms with Crippen molar-refractivity contribution in [3.8, 4) is 6.07 Å². The molecule has 0 aliphatic rings. The molecule has 0 spiro atoms. The monoisotopic (exact) mass is 304 g/mol. The third-order valence-electron chi connectivity index (χ3n) is 2.18. The fourth-order valence-corrected chi connectivity index (χ4v) is 2.44. The molecule has 2 N–H and O–H groups in total. The Morgan fingerprint density at radius 2 is 1.82 bits per heavy atom. The Kier molecular flexibility index (Phi) is 3.72. The van der Waals surface area contributed by atoms with Gasteiger partial charge in [0.1, 0.15) is 0 Å². The number of benzene rings is 2. The van der Waals surface area contributed by atoms with E-state index in [-0.39, 0.29) is 0 Å². The van der Waals surface area contributed by atoms with Gasteiger partial charge in [-0.15, -0.1) is 0 Å². The van der Waals surface area contributed by atoms with E-state index < -0.39 is 0 Å². The molecule has 0 radical (unpaired) electrons. The van der Waals surface area contributed by atoms with Crippen LogP contribution in [0, 0.1) is 11.3 Å². The fraction of sp³-hybridized carbons (Fsp3) is 0. The molecule has 2 aromatic rings. The van der Waals surface area contributed by atoms with E-state index in [2.05, 4.69) is 22.0 Å². The number of nitrogen functional groups attached to an aromatic ring is 1. The molecule has 2 aromatic carbocycles. The van der Waals surface area contributed by atoms with Crippen LogP contribution >= 0.6 is 27.7 Å². The number of rotatable bonds is 2. The van der Waals surface area contributed by atoms with Gasteiger partial charge in [0.15, 0.2) is 0 Å². The molecule has 17 heavy (non-hydrogen) atoms. The van der Waals surface area contributed by atoms with Crippen LogP contribution in [0.4, 0.5) is 5.69 Å². The highest BCUT2D eigenvalue weighted by Crippen LogP contribution is 2.32. The summed E-state index contributed by atoms with van der Waals surface area (Å²) in [6, 6.07) is 15.4. The number of hydrogen-bond donors (Lipinski definition) is 1. The molecule has 4 heteroatoms. The molecule has 2 rings (SSSR count). The smallest absolute Gasteiger partial charge is 0.0992 e. The lowest BCUT2D eigenvalue weighted by molar-refractivity contribution is 1.38. The van der Waals surface area contributed by atoms with E-state index in [4.69, 9.17) is 11.0 Å². The summed E-state index contributed by atoms with van der Waals surface area (Å²) >= 11 is 4.98. The topological polar surface area (TPSA) is 49.8 Å². The van der Waals surface area contributed by atoms with Crippen LogP contribution in [0.2, 0.25) is 0 Å². The van der Waals surface area contributed by atoms with Crippen molar-refractivity contribution < 1.29 is 0 Å². The average Bonchev–Trinajstić information content (AvgIpc) is 2.34. The first-order valence-electron chi connectivity index (χ1n) is 4.92. The van der Waals surface area contributed by atoms with Crippen LogP contribution in [-0.2, 0) is 0 Å². The normalized spacial score (nSPS) is 9.88. The molecule has 2 nitrogen and oxygen atoms in total. The van der Waals surface area contributed by atoms with E-state index in [0.29, 0.717) is 11.3 Å². The Hall–Kier alpha value is -1.44. The van der Waals surface area contributed by atoms with Gasteiger partial charge < -0.3 is 5.73 Å². The zero-order valence-corrected chi connectivity index (χ0v) is 11.3. The van der Waals surface area contributed by atoms with Crippen LogP contribution in [0.15, 0.2) is 56.7 Å². The quantitative estimate of drug-likeness (QED) is 0.851. The van der Waals surface area contributed by atoms with Crippen LogP contribution in [0.5, 0.6) is 0 Å². The van der Waals surface area contributed by atoms with Crippen molar-refractivity contribution in [1.29, 1.82) is 5.26 Å². The maximum absolute atomic E-state index is 8.76. The maximum atomic E-state index is 8.76. The van der Waals surface area contributed by atoms with Gasteiger partial charge in [0.25, 0.3) is 0 Å². The van der Waals surface area contributed by atoms with Gasteiger partial charge in [-0.25, -0.2) is 0 Å². The molecule has 0 heterocycles. The number of anilines is 1. The number of halogens is 1. The summed E-state index contributed by atoms with van der Waals surface area (Å²) in [4.78, 5) is 2.08. The molecule has 0 amide bonds. The van der Waals surface area contributed by atoms with Gasteiger partial charge in [0.2, 0.25) is 0 Å². The molecule has 0 aliphatic heterocycles. The van der Waals surface area contributed by atoms with E-state index in [0.717, 1.165) is 14.3 Å². The predicted molar refractivity (Wildman–Crippen MR) is 73.8 cm³/mol. The second kappa shape index (κ2) is 5.26. The summed E-state index contributed by atoms with van der Waals surface area (Å²) in [6.45, 7) is 0.